The number of aliphatic hydroxyl groups is 1. The smallest absolute Gasteiger partial charge is 0.313 e. The number of carbonyl (C=O) groups excluding carboxylic acids is 2. The number of benzene rings is 1. The number of amides is 2. The first-order valence-corrected chi connectivity index (χ1v) is 7.22. The van der Waals surface area contributed by atoms with Crippen molar-refractivity contribution in [3.05, 3.63) is 53.9 Å². The van der Waals surface area contributed by atoms with Crippen LogP contribution in [-0.4, -0.2) is 28.0 Å². The summed E-state index contributed by atoms with van der Waals surface area (Å²) in [5.41, 5.74) is 0.259. The summed E-state index contributed by atoms with van der Waals surface area (Å²) in [5, 5.41) is 14.3. The number of anilines is 1. The number of hydrogen-bond donors (Lipinski definition) is 3. The number of aryl methyl sites for hydroxylation is 1. The lowest BCUT2D eigenvalue weighted by Crippen LogP contribution is -2.36. The van der Waals surface area contributed by atoms with Crippen LogP contribution in [0.25, 0.3) is 0 Å². The van der Waals surface area contributed by atoms with Crippen LogP contribution in [0.15, 0.2) is 36.5 Å². The first-order chi connectivity index (χ1) is 11.4. The monoisotopic (exact) mass is 337 g/mol. The number of hydrogen-bond acceptors (Lipinski definition) is 3. The second-order valence-electron chi connectivity index (χ2n) is 5.18. The van der Waals surface area contributed by atoms with Gasteiger partial charge in [0.25, 0.3) is 0 Å². The fourth-order valence-corrected chi connectivity index (χ4v) is 2.14. The Kier molecular flexibility index (Phi) is 5.64. The highest BCUT2D eigenvalue weighted by atomic mass is 19.1. The molecule has 0 aliphatic rings. The zero-order chi connectivity index (χ0) is 17.7. The molecule has 1 aromatic carbocycles. The Balaban J connectivity index is 1.83. The molecule has 0 bridgehead atoms. The summed E-state index contributed by atoms with van der Waals surface area (Å²) in [6.45, 7) is 0.0459. The molecule has 0 spiro atoms. The lowest BCUT2D eigenvalue weighted by Gasteiger charge is -2.12. The van der Waals surface area contributed by atoms with Gasteiger partial charge in [-0.25, -0.2) is 8.78 Å². The molecule has 24 heavy (non-hydrogen) atoms. The SMILES string of the molecule is Cn1cccc1C(O)CCNC(=O)C(=O)Nc1cc(F)ccc1F. The Morgan fingerprint density at radius 3 is 2.67 bits per heavy atom. The standard InChI is InChI=1S/C16H17F2N3O3/c1-21-8-2-3-13(21)14(22)6-7-19-15(23)16(24)20-12-9-10(17)4-5-11(12)18/h2-5,8-9,14,22H,6-7H2,1H3,(H,19,23)(H,20,24). The summed E-state index contributed by atoms with van der Waals surface area (Å²) in [7, 11) is 1.78. The number of aromatic nitrogens is 1. The van der Waals surface area contributed by atoms with Crippen LogP contribution in [0.4, 0.5) is 14.5 Å². The van der Waals surface area contributed by atoms with Crippen LogP contribution in [0.5, 0.6) is 0 Å². The molecule has 0 radical (unpaired) electrons. The first-order valence-electron chi connectivity index (χ1n) is 7.22. The highest BCUT2D eigenvalue weighted by Crippen LogP contribution is 2.16. The summed E-state index contributed by atoms with van der Waals surface area (Å²) in [6, 6.07) is 6.04. The zero-order valence-electron chi connectivity index (χ0n) is 12.9. The summed E-state index contributed by atoms with van der Waals surface area (Å²) in [4.78, 5) is 23.3. The molecule has 0 saturated carbocycles. The van der Waals surface area contributed by atoms with Gasteiger partial charge in [0.1, 0.15) is 11.6 Å². The molecule has 0 aliphatic carbocycles. The fraction of sp³-hybridized carbons (Fsp3) is 0.250. The van der Waals surface area contributed by atoms with Crippen molar-refractivity contribution >= 4 is 17.5 Å². The van der Waals surface area contributed by atoms with E-state index in [4.69, 9.17) is 0 Å². The Hall–Kier alpha value is -2.74. The van der Waals surface area contributed by atoms with Gasteiger partial charge in [0.15, 0.2) is 0 Å². The van der Waals surface area contributed by atoms with Gasteiger partial charge in [-0.05, 0) is 30.7 Å². The molecule has 1 unspecified atom stereocenters. The third-order valence-corrected chi connectivity index (χ3v) is 3.41. The van der Waals surface area contributed by atoms with Crippen molar-refractivity contribution in [3.63, 3.8) is 0 Å². The summed E-state index contributed by atoms with van der Waals surface area (Å²) in [5.74, 6) is -3.71. The third kappa shape index (κ3) is 4.39. The first kappa shape index (κ1) is 17.6. The molecule has 1 atom stereocenters. The average molecular weight is 337 g/mol. The summed E-state index contributed by atoms with van der Waals surface area (Å²) >= 11 is 0. The van der Waals surface area contributed by atoms with Crippen molar-refractivity contribution in [3.8, 4) is 0 Å². The second kappa shape index (κ2) is 7.69. The molecule has 0 fully saturated rings. The number of rotatable bonds is 5. The Labute approximate surface area is 137 Å². The van der Waals surface area contributed by atoms with E-state index in [1.807, 2.05) is 5.32 Å². The van der Waals surface area contributed by atoms with Gasteiger partial charge in [-0.15, -0.1) is 0 Å². The van der Waals surface area contributed by atoms with E-state index in [2.05, 4.69) is 5.32 Å². The molecule has 2 rings (SSSR count). The van der Waals surface area contributed by atoms with E-state index in [9.17, 15) is 23.5 Å². The van der Waals surface area contributed by atoms with Crippen LogP contribution in [0, 0.1) is 11.6 Å². The lowest BCUT2D eigenvalue weighted by atomic mass is 10.2. The van der Waals surface area contributed by atoms with Gasteiger partial charge in [-0.3, -0.25) is 9.59 Å². The van der Waals surface area contributed by atoms with E-state index in [0.29, 0.717) is 5.69 Å². The molecule has 0 saturated heterocycles. The Bertz CT molecular complexity index is 746. The highest BCUT2D eigenvalue weighted by molar-refractivity contribution is 6.39. The van der Waals surface area contributed by atoms with Crippen LogP contribution in [-0.2, 0) is 16.6 Å². The van der Waals surface area contributed by atoms with Gasteiger partial charge in [0, 0.05) is 31.5 Å². The van der Waals surface area contributed by atoms with Gasteiger partial charge >= 0.3 is 11.8 Å². The van der Waals surface area contributed by atoms with Crippen molar-refractivity contribution in [2.45, 2.75) is 12.5 Å². The van der Waals surface area contributed by atoms with Crippen LogP contribution in [0.3, 0.4) is 0 Å². The maximum Gasteiger partial charge on any atom is 0.313 e. The largest absolute Gasteiger partial charge is 0.387 e. The minimum absolute atomic E-state index is 0.0459. The maximum absolute atomic E-state index is 13.4. The highest BCUT2D eigenvalue weighted by Gasteiger charge is 2.17. The average Bonchev–Trinajstić information content (AvgIpc) is 2.96. The predicted octanol–water partition coefficient (Wildman–Crippen LogP) is 1.48. The molecule has 3 N–H and O–H groups in total. The van der Waals surface area contributed by atoms with Gasteiger partial charge < -0.3 is 20.3 Å². The number of halogens is 2. The van der Waals surface area contributed by atoms with Crippen LogP contribution in [0.1, 0.15) is 18.2 Å². The van der Waals surface area contributed by atoms with E-state index in [0.717, 1.165) is 18.2 Å². The van der Waals surface area contributed by atoms with Gasteiger partial charge in [-0.2, -0.15) is 0 Å². The van der Waals surface area contributed by atoms with Crippen molar-refractivity contribution < 1.29 is 23.5 Å². The minimum Gasteiger partial charge on any atom is -0.387 e. The molecule has 128 valence electrons. The van der Waals surface area contributed by atoms with Gasteiger partial charge in [-0.1, -0.05) is 0 Å². The maximum atomic E-state index is 13.4. The van der Waals surface area contributed by atoms with E-state index < -0.39 is 35.2 Å². The summed E-state index contributed by atoms with van der Waals surface area (Å²) < 4.78 is 28.1. The second-order valence-corrected chi connectivity index (χ2v) is 5.18. The molecule has 6 nitrogen and oxygen atoms in total. The topological polar surface area (TPSA) is 83.4 Å². The Morgan fingerprint density at radius 1 is 1.25 bits per heavy atom. The number of aliphatic hydroxyl groups excluding tert-OH is 1. The van der Waals surface area contributed by atoms with Crippen molar-refractivity contribution in [1.29, 1.82) is 0 Å². The fourth-order valence-electron chi connectivity index (χ4n) is 2.14. The molecular weight excluding hydrogens is 320 g/mol. The number of nitrogens with one attached hydrogen (secondary N) is 2. The molecule has 1 heterocycles. The zero-order valence-corrected chi connectivity index (χ0v) is 12.9. The van der Waals surface area contributed by atoms with Crippen molar-refractivity contribution in [2.24, 2.45) is 7.05 Å². The molecular formula is C16H17F2N3O3. The van der Waals surface area contributed by atoms with Crippen LogP contribution >= 0.6 is 0 Å². The van der Waals surface area contributed by atoms with Gasteiger partial charge in [0.2, 0.25) is 0 Å². The lowest BCUT2D eigenvalue weighted by molar-refractivity contribution is -0.136. The third-order valence-electron chi connectivity index (χ3n) is 3.41. The number of nitrogens with zero attached hydrogens (tertiary/aromatic N) is 1. The van der Waals surface area contributed by atoms with Crippen molar-refractivity contribution in [2.75, 3.05) is 11.9 Å². The van der Waals surface area contributed by atoms with Gasteiger partial charge in [0.05, 0.1) is 11.8 Å². The van der Waals surface area contributed by atoms with E-state index in [-0.39, 0.29) is 13.0 Å². The van der Waals surface area contributed by atoms with Crippen LogP contribution < -0.4 is 10.6 Å². The molecule has 2 aromatic rings. The van der Waals surface area contributed by atoms with E-state index in [1.54, 1.807) is 29.9 Å². The normalized spacial score (nSPS) is 11.8. The minimum atomic E-state index is -1.12. The molecule has 2 amide bonds. The molecule has 1 aromatic heterocycles. The van der Waals surface area contributed by atoms with Crippen LogP contribution in [0.2, 0.25) is 0 Å². The summed E-state index contributed by atoms with van der Waals surface area (Å²) in [6.07, 6.45) is 1.18. The van der Waals surface area contributed by atoms with E-state index in [1.165, 1.54) is 0 Å². The predicted molar refractivity (Wildman–Crippen MR) is 83.0 cm³/mol. The molecule has 0 aliphatic heterocycles. The Morgan fingerprint density at radius 2 is 2.00 bits per heavy atom. The van der Waals surface area contributed by atoms with Crippen molar-refractivity contribution in [1.82, 2.24) is 9.88 Å². The van der Waals surface area contributed by atoms with E-state index >= 15 is 0 Å². The molecule has 8 heteroatoms. The number of carbonyl (C=O) groups is 2. The quantitative estimate of drug-likeness (QED) is 0.723.